The summed E-state index contributed by atoms with van der Waals surface area (Å²) in [5.41, 5.74) is -0.589. The summed E-state index contributed by atoms with van der Waals surface area (Å²) >= 11 is 0. The zero-order chi connectivity index (χ0) is 22.0. The Morgan fingerprint density at radius 3 is 2.21 bits per heavy atom. The summed E-state index contributed by atoms with van der Waals surface area (Å²) in [6, 6.07) is 9.99. The molecule has 0 radical (unpaired) electrons. The van der Waals surface area contributed by atoms with Gasteiger partial charge in [0.1, 0.15) is 5.60 Å². The van der Waals surface area contributed by atoms with E-state index in [1.807, 2.05) is 33.8 Å². The van der Waals surface area contributed by atoms with Gasteiger partial charge in [-0.2, -0.15) is 13.2 Å². The molecular weight excluding hydrogens is 381 g/mol. The van der Waals surface area contributed by atoms with E-state index in [-0.39, 0.29) is 18.0 Å². The van der Waals surface area contributed by atoms with Gasteiger partial charge in [0.15, 0.2) is 0 Å². The molecule has 0 saturated heterocycles. The minimum atomic E-state index is -4.48. The SMILES string of the molecule is Cc1ccc(NCC(C)(O)c2cccc(C(F)(F)F)c2)cc1NC(=O)C(C)(C)C. The van der Waals surface area contributed by atoms with E-state index >= 15 is 0 Å². The lowest BCUT2D eigenvalue weighted by Gasteiger charge is -2.26. The fraction of sp³-hybridized carbons (Fsp3) is 0.409. The van der Waals surface area contributed by atoms with Gasteiger partial charge in [0.25, 0.3) is 0 Å². The Balaban J connectivity index is 2.17. The zero-order valence-electron chi connectivity index (χ0n) is 17.2. The van der Waals surface area contributed by atoms with Crippen molar-refractivity contribution in [2.24, 2.45) is 5.41 Å². The molecule has 0 saturated carbocycles. The van der Waals surface area contributed by atoms with E-state index < -0.39 is 22.8 Å². The van der Waals surface area contributed by atoms with Crippen LogP contribution in [0.1, 0.15) is 44.4 Å². The van der Waals surface area contributed by atoms with Gasteiger partial charge in [-0.15, -0.1) is 0 Å². The largest absolute Gasteiger partial charge is 0.416 e. The second-order valence-corrected chi connectivity index (χ2v) is 8.44. The quantitative estimate of drug-likeness (QED) is 0.628. The van der Waals surface area contributed by atoms with Crippen LogP contribution in [0.15, 0.2) is 42.5 Å². The summed E-state index contributed by atoms with van der Waals surface area (Å²) in [5.74, 6) is -0.131. The van der Waals surface area contributed by atoms with Gasteiger partial charge in [-0.05, 0) is 49.2 Å². The molecule has 1 amide bonds. The van der Waals surface area contributed by atoms with E-state index in [2.05, 4.69) is 10.6 Å². The van der Waals surface area contributed by atoms with Crippen molar-refractivity contribution in [1.82, 2.24) is 0 Å². The molecule has 1 unspecified atom stereocenters. The molecule has 7 heteroatoms. The Kier molecular flexibility index (Phi) is 6.33. The first-order valence-electron chi connectivity index (χ1n) is 9.26. The number of aryl methyl sites for hydroxylation is 1. The molecule has 0 aliphatic heterocycles. The van der Waals surface area contributed by atoms with E-state index in [0.717, 1.165) is 17.7 Å². The molecule has 0 spiro atoms. The Labute approximate surface area is 169 Å². The molecule has 2 rings (SSSR count). The van der Waals surface area contributed by atoms with Crippen molar-refractivity contribution < 1.29 is 23.1 Å². The van der Waals surface area contributed by atoms with Crippen LogP contribution in [-0.4, -0.2) is 17.6 Å². The van der Waals surface area contributed by atoms with E-state index in [1.165, 1.54) is 19.1 Å². The normalized spacial score (nSPS) is 14.2. The summed E-state index contributed by atoms with van der Waals surface area (Å²) in [7, 11) is 0. The highest BCUT2D eigenvalue weighted by atomic mass is 19.4. The van der Waals surface area contributed by atoms with Crippen LogP contribution in [-0.2, 0) is 16.6 Å². The van der Waals surface area contributed by atoms with Crippen molar-refractivity contribution in [3.05, 3.63) is 59.2 Å². The molecule has 0 aliphatic carbocycles. The number of alkyl halides is 3. The number of nitrogens with one attached hydrogen (secondary N) is 2. The lowest BCUT2D eigenvalue weighted by Crippen LogP contribution is -2.31. The number of carbonyl (C=O) groups excluding carboxylic acids is 1. The van der Waals surface area contributed by atoms with Gasteiger partial charge in [-0.3, -0.25) is 4.79 Å². The third kappa shape index (κ3) is 5.97. The van der Waals surface area contributed by atoms with Crippen LogP contribution in [0.25, 0.3) is 0 Å². The molecule has 0 bridgehead atoms. The summed E-state index contributed by atoms with van der Waals surface area (Å²) in [6.07, 6.45) is -4.48. The number of aliphatic hydroxyl groups is 1. The Hall–Kier alpha value is -2.54. The molecular formula is C22H27F3N2O2. The molecule has 0 heterocycles. The van der Waals surface area contributed by atoms with Crippen LogP contribution in [0.3, 0.4) is 0 Å². The van der Waals surface area contributed by atoms with E-state index in [4.69, 9.17) is 0 Å². The fourth-order valence-corrected chi connectivity index (χ4v) is 2.58. The first-order valence-corrected chi connectivity index (χ1v) is 9.26. The third-order valence-corrected chi connectivity index (χ3v) is 4.62. The van der Waals surface area contributed by atoms with Gasteiger partial charge in [0.2, 0.25) is 5.91 Å². The fourth-order valence-electron chi connectivity index (χ4n) is 2.58. The monoisotopic (exact) mass is 408 g/mol. The van der Waals surface area contributed by atoms with Gasteiger partial charge in [0.05, 0.1) is 5.56 Å². The van der Waals surface area contributed by atoms with Crippen LogP contribution < -0.4 is 10.6 Å². The average Bonchev–Trinajstić information content (AvgIpc) is 2.61. The molecule has 2 aromatic carbocycles. The zero-order valence-corrected chi connectivity index (χ0v) is 17.2. The van der Waals surface area contributed by atoms with Gasteiger partial charge in [-0.1, -0.05) is 39.0 Å². The number of halogens is 3. The lowest BCUT2D eigenvalue weighted by atomic mass is 9.94. The number of anilines is 2. The van der Waals surface area contributed by atoms with Gasteiger partial charge in [0, 0.05) is 23.3 Å². The summed E-state index contributed by atoms with van der Waals surface area (Å²) in [5, 5.41) is 16.6. The topological polar surface area (TPSA) is 61.4 Å². The van der Waals surface area contributed by atoms with Crippen molar-refractivity contribution in [3.63, 3.8) is 0 Å². The van der Waals surface area contributed by atoms with Gasteiger partial charge < -0.3 is 15.7 Å². The maximum atomic E-state index is 12.9. The predicted molar refractivity (Wildman–Crippen MR) is 109 cm³/mol. The highest BCUT2D eigenvalue weighted by molar-refractivity contribution is 5.95. The second-order valence-electron chi connectivity index (χ2n) is 8.44. The highest BCUT2D eigenvalue weighted by Gasteiger charge is 2.32. The first kappa shape index (κ1) is 22.7. The maximum absolute atomic E-state index is 12.9. The van der Waals surface area contributed by atoms with Crippen LogP contribution in [0.2, 0.25) is 0 Å². The summed E-state index contributed by atoms with van der Waals surface area (Å²) in [6.45, 7) is 8.74. The van der Waals surface area contributed by atoms with Crippen molar-refractivity contribution >= 4 is 17.3 Å². The van der Waals surface area contributed by atoms with Crippen molar-refractivity contribution in [2.45, 2.75) is 46.4 Å². The van der Waals surface area contributed by atoms with Crippen LogP contribution >= 0.6 is 0 Å². The molecule has 0 aromatic heterocycles. The Bertz CT molecular complexity index is 884. The van der Waals surface area contributed by atoms with E-state index in [0.29, 0.717) is 11.4 Å². The Morgan fingerprint density at radius 1 is 1.00 bits per heavy atom. The van der Waals surface area contributed by atoms with Crippen LogP contribution in [0, 0.1) is 12.3 Å². The lowest BCUT2D eigenvalue weighted by molar-refractivity contribution is -0.137. The molecule has 29 heavy (non-hydrogen) atoms. The number of rotatable bonds is 5. The molecule has 2 aromatic rings. The summed E-state index contributed by atoms with van der Waals surface area (Å²) in [4.78, 5) is 12.2. The van der Waals surface area contributed by atoms with Gasteiger partial charge >= 0.3 is 6.18 Å². The van der Waals surface area contributed by atoms with Crippen molar-refractivity contribution in [2.75, 3.05) is 17.2 Å². The predicted octanol–water partition coefficient (Wildman–Crippen LogP) is 5.32. The van der Waals surface area contributed by atoms with Crippen LogP contribution in [0.4, 0.5) is 24.5 Å². The van der Waals surface area contributed by atoms with Gasteiger partial charge in [-0.25, -0.2) is 0 Å². The third-order valence-electron chi connectivity index (χ3n) is 4.62. The first-order chi connectivity index (χ1) is 13.2. The maximum Gasteiger partial charge on any atom is 0.416 e. The van der Waals surface area contributed by atoms with E-state index in [9.17, 15) is 23.1 Å². The molecule has 3 N–H and O–H groups in total. The number of hydrogen-bond acceptors (Lipinski definition) is 3. The number of amides is 1. The molecule has 158 valence electrons. The number of carbonyl (C=O) groups is 1. The standard InChI is InChI=1S/C22H27F3N2O2/c1-14-9-10-17(12-18(14)27-19(28)20(2,3)4)26-13-21(5,29)15-7-6-8-16(11-15)22(23,24)25/h6-12,26,29H,13H2,1-5H3,(H,27,28). The molecule has 0 aliphatic rings. The number of hydrogen-bond donors (Lipinski definition) is 3. The Morgan fingerprint density at radius 2 is 1.62 bits per heavy atom. The smallest absolute Gasteiger partial charge is 0.384 e. The molecule has 0 fully saturated rings. The molecule has 1 atom stereocenters. The van der Waals surface area contributed by atoms with Crippen molar-refractivity contribution in [1.29, 1.82) is 0 Å². The summed E-state index contributed by atoms with van der Waals surface area (Å²) < 4.78 is 38.8. The second kappa shape index (κ2) is 8.06. The highest BCUT2D eigenvalue weighted by Crippen LogP contribution is 2.32. The average molecular weight is 408 g/mol. The number of benzene rings is 2. The minimum absolute atomic E-state index is 0.00989. The minimum Gasteiger partial charge on any atom is -0.384 e. The molecule has 4 nitrogen and oxygen atoms in total. The van der Waals surface area contributed by atoms with Crippen molar-refractivity contribution in [3.8, 4) is 0 Å². The van der Waals surface area contributed by atoms with Crippen LogP contribution in [0.5, 0.6) is 0 Å². The van der Waals surface area contributed by atoms with E-state index in [1.54, 1.807) is 12.1 Å².